The summed E-state index contributed by atoms with van der Waals surface area (Å²) in [5.74, 6) is 0.459. The Bertz CT molecular complexity index is 405. The zero-order chi connectivity index (χ0) is 13.7. The van der Waals surface area contributed by atoms with Crippen molar-refractivity contribution in [3.8, 4) is 0 Å². The van der Waals surface area contributed by atoms with Crippen LogP contribution in [-0.4, -0.2) is 32.7 Å². The van der Waals surface area contributed by atoms with Gasteiger partial charge in [-0.05, 0) is 12.8 Å². The van der Waals surface area contributed by atoms with Crippen molar-refractivity contribution in [2.24, 2.45) is 5.92 Å². The minimum atomic E-state index is -0.315. The SMILES string of the molecule is CC(C)CNC(=O)[C@@H](C)Sc1nc(N)nc(N)n1. The lowest BCUT2D eigenvalue weighted by molar-refractivity contribution is -0.120. The number of anilines is 2. The predicted octanol–water partition coefficient (Wildman–Crippen LogP) is 0.289. The fourth-order valence-corrected chi connectivity index (χ4v) is 1.90. The zero-order valence-electron chi connectivity index (χ0n) is 10.7. The average molecular weight is 270 g/mol. The summed E-state index contributed by atoms with van der Waals surface area (Å²) in [6.45, 7) is 6.48. The summed E-state index contributed by atoms with van der Waals surface area (Å²) >= 11 is 1.20. The quantitative estimate of drug-likeness (QED) is 0.657. The van der Waals surface area contributed by atoms with Gasteiger partial charge in [0.1, 0.15) is 0 Å². The van der Waals surface area contributed by atoms with Crippen LogP contribution in [-0.2, 0) is 4.79 Å². The smallest absolute Gasteiger partial charge is 0.233 e. The Morgan fingerprint density at radius 3 is 2.28 bits per heavy atom. The first kappa shape index (κ1) is 14.5. The molecule has 8 heteroatoms. The zero-order valence-corrected chi connectivity index (χ0v) is 11.5. The third-order valence-corrected chi connectivity index (χ3v) is 2.95. The van der Waals surface area contributed by atoms with E-state index in [-0.39, 0.29) is 23.1 Å². The maximum atomic E-state index is 11.8. The molecule has 0 saturated heterocycles. The largest absolute Gasteiger partial charge is 0.368 e. The summed E-state index contributed by atoms with van der Waals surface area (Å²) in [5, 5.41) is 2.88. The van der Waals surface area contributed by atoms with Gasteiger partial charge in [-0.2, -0.15) is 15.0 Å². The van der Waals surface area contributed by atoms with E-state index in [0.717, 1.165) is 0 Å². The van der Waals surface area contributed by atoms with Gasteiger partial charge in [-0.15, -0.1) is 0 Å². The van der Waals surface area contributed by atoms with Gasteiger partial charge in [-0.3, -0.25) is 4.79 Å². The first-order chi connectivity index (χ1) is 8.38. The number of carbonyl (C=O) groups is 1. The average Bonchev–Trinajstić information content (AvgIpc) is 2.24. The van der Waals surface area contributed by atoms with E-state index in [1.165, 1.54) is 11.8 Å². The van der Waals surface area contributed by atoms with E-state index in [0.29, 0.717) is 17.6 Å². The number of nitrogens with zero attached hydrogens (tertiary/aromatic N) is 3. The van der Waals surface area contributed by atoms with Crippen molar-refractivity contribution in [1.82, 2.24) is 20.3 Å². The molecule has 1 rings (SSSR count). The molecule has 100 valence electrons. The van der Waals surface area contributed by atoms with Crippen molar-refractivity contribution in [3.05, 3.63) is 0 Å². The summed E-state index contributed by atoms with van der Waals surface area (Å²) in [7, 11) is 0. The highest BCUT2D eigenvalue weighted by Crippen LogP contribution is 2.20. The Morgan fingerprint density at radius 1 is 1.22 bits per heavy atom. The van der Waals surface area contributed by atoms with Crippen LogP contribution in [0.15, 0.2) is 5.16 Å². The number of nitrogens with one attached hydrogen (secondary N) is 1. The molecule has 0 aliphatic heterocycles. The highest BCUT2D eigenvalue weighted by atomic mass is 32.2. The number of rotatable bonds is 5. The number of carbonyl (C=O) groups excluding carboxylic acids is 1. The highest BCUT2D eigenvalue weighted by molar-refractivity contribution is 8.00. The molecule has 1 atom stereocenters. The van der Waals surface area contributed by atoms with Crippen molar-refractivity contribution in [2.45, 2.75) is 31.2 Å². The molecule has 7 nitrogen and oxygen atoms in total. The second kappa shape index (κ2) is 6.39. The predicted molar refractivity (Wildman–Crippen MR) is 71.8 cm³/mol. The molecule has 1 aromatic rings. The number of nitrogen functional groups attached to an aromatic ring is 2. The molecule has 18 heavy (non-hydrogen) atoms. The molecule has 0 aliphatic carbocycles. The first-order valence-corrected chi connectivity index (χ1v) is 6.48. The summed E-state index contributed by atoms with van der Waals surface area (Å²) in [5.41, 5.74) is 10.9. The molecule has 0 spiro atoms. The topological polar surface area (TPSA) is 120 Å². The van der Waals surface area contributed by atoms with E-state index >= 15 is 0 Å². The van der Waals surface area contributed by atoms with Gasteiger partial charge in [0.25, 0.3) is 0 Å². The van der Waals surface area contributed by atoms with Crippen LogP contribution in [0.5, 0.6) is 0 Å². The fourth-order valence-electron chi connectivity index (χ4n) is 1.10. The van der Waals surface area contributed by atoms with Gasteiger partial charge in [0.2, 0.25) is 17.8 Å². The van der Waals surface area contributed by atoms with Gasteiger partial charge < -0.3 is 16.8 Å². The molecule has 1 aromatic heterocycles. The van der Waals surface area contributed by atoms with Crippen molar-refractivity contribution in [3.63, 3.8) is 0 Å². The Labute approximate surface area is 110 Å². The normalized spacial score (nSPS) is 12.4. The Morgan fingerprint density at radius 2 is 1.78 bits per heavy atom. The minimum Gasteiger partial charge on any atom is -0.368 e. The van der Waals surface area contributed by atoms with E-state index in [4.69, 9.17) is 11.5 Å². The van der Waals surface area contributed by atoms with Gasteiger partial charge in [-0.1, -0.05) is 25.6 Å². The van der Waals surface area contributed by atoms with Crippen LogP contribution in [0.3, 0.4) is 0 Å². The summed E-state index contributed by atoms with van der Waals surface area (Å²) in [6, 6.07) is 0. The van der Waals surface area contributed by atoms with Gasteiger partial charge in [0, 0.05) is 6.54 Å². The molecule has 0 bridgehead atoms. The highest BCUT2D eigenvalue weighted by Gasteiger charge is 2.16. The number of hydrogen-bond donors (Lipinski definition) is 3. The lowest BCUT2D eigenvalue weighted by Crippen LogP contribution is -2.33. The van der Waals surface area contributed by atoms with E-state index in [2.05, 4.69) is 20.3 Å². The Hall–Kier alpha value is -1.57. The van der Waals surface area contributed by atoms with E-state index in [9.17, 15) is 4.79 Å². The van der Waals surface area contributed by atoms with E-state index in [1.54, 1.807) is 6.92 Å². The number of hydrogen-bond acceptors (Lipinski definition) is 7. The van der Waals surface area contributed by atoms with Gasteiger partial charge in [-0.25, -0.2) is 0 Å². The molecule has 0 aromatic carbocycles. The van der Waals surface area contributed by atoms with Crippen molar-refractivity contribution in [1.29, 1.82) is 0 Å². The fraction of sp³-hybridized carbons (Fsp3) is 0.600. The molecule has 0 unspecified atom stereocenters. The van der Waals surface area contributed by atoms with Crippen LogP contribution >= 0.6 is 11.8 Å². The van der Waals surface area contributed by atoms with Crippen LogP contribution in [0.25, 0.3) is 0 Å². The standard InChI is InChI=1S/C10H18N6OS/c1-5(2)4-13-7(17)6(3)18-10-15-8(11)14-9(12)16-10/h5-6H,4H2,1-3H3,(H,13,17)(H4,11,12,14,15,16)/t6-/m1/s1. The molecule has 0 saturated carbocycles. The molecule has 0 aliphatic rings. The molecular weight excluding hydrogens is 252 g/mol. The lowest BCUT2D eigenvalue weighted by Gasteiger charge is -2.12. The third-order valence-electron chi connectivity index (χ3n) is 1.99. The number of aromatic nitrogens is 3. The number of nitrogens with two attached hydrogens (primary N) is 2. The summed E-state index contributed by atoms with van der Waals surface area (Å²) < 4.78 is 0. The minimum absolute atomic E-state index is 0.0554. The molecule has 1 heterocycles. The number of amides is 1. The van der Waals surface area contributed by atoms with Crippen molar-refractivity contribution < 1.29 is 4.79 Å². The van der Waals surface area contributed by atoms with E-state index in [1.807, 2.05) is 13.8 Å². The van der Waals surface area contributed by atoms with Gasteiger partial charge in [0.05, 0.1) is 5.25 Å². The lowest BCUT2D eigenvalue weighted by atomic mass is 10.2. The second-order valence-corrected chi connectivity index (χ2v) is 5.54. The summed E-state index contributed by atoms with van der Waals surface area (Å²) in [4.78, 5) is 23.2. The van der Waals surface area contributed by atoms with Gasteiger partial charge >= 0.3 is 0 Å². The molecule has 1 amide bonds. The molecule has 5 N–H and O–H groups in total. The summed E-state index contributed by atoms with van der Waals surface area (Å²) in [6.07, 6.45) is 0. The maximum Gasteiger partial charge on any atom is 0.233 e. The third kappa shape index (κ3) is 4.74. The molecule has 0 fully saturated rings. The Kier molecular flexibility index (Phi) is 5.14. The monoisotopic (exact) mass is 270 g/mol. The van der Waals surface area contributed by atoms with Crippen LogP contribution < -0.4 is 16.8 Å². The van der Waals surface area contributed by atoms with Crippen LogP contribution in [0.4, 0.5) is 11.9 Å². The van der Waals surface area contributed by atoms with Crippen LogP contribution in [0.1, 0.15) is 20.8 Å². The van der Waals surface area contributed by atoms with Crippen molar-refractivity contribution >= 4 is 29.6 Å². The second-order valence-electron chi connectivity index (χ2n) is 4.23. The van der Waals surface area contributed by atoms with Crippen LogP contribution in [0.2, 0.25) is 0 Å². The number of thioether (sulfide) groups is 1. The van der Waals surface area contributed by atoms with Gasteiger partial charge in [0.15, 0.2) is 5.16 Å². The van der Waals surface area contributed by atoms with Crippen LogP contribution in [0, 0.1) is 5.92 Å². The molecular formula is C10H18N6OS. The van der Waals surface area contributed by atoms with E-state index < -0.39 is 0 Å². The van der Waals surface area contributed by atoms with Crippen molar-refractivity contribution in [2.75, 3.05) is 18.0 Å². The molecule has 0 radical (unpaired) electrons. The Balaban J connectivity index is 2.58. The first-order valence-electron chi connectivity index (χ1n) is 5.60. The maximum absolute atomic E-state index is 11.8.